The van der Waals surface area contributed by atoms with E-state index >= 15 is 0 Å². The second-order valence-corrected chi connectivity index (χ2v) is 2.49. The predicted molar refractivity (Wildman–Crippen MR) is 45.9 cm³/mol. The highest BCUT2D eigenvalue weighted by Crippen LogP contribution is 2.10. The normalized spacial score (nSPS) is 11.4. The van der Waals surface area contributed by atoms with Crippen molar-refractivity contribution in [3.05, 3.63) is 35.1 Å². The fourth-order valence-corrected chi connectivity index (χ4v) is 0.906. The number of carboxylic acids is 1. The summed E-state index contributed by atoms with van der Waals surface area (Å²) in [5, 5.41) is 19.5. The lowest BCUT2D eigenvalue weighted by Crippen LogP contribution is -2.14. The quantitative estimate of drug-likeness (QED) is 0.281. The van der Waals surface area contributed by atoms with Gasteiger partial charge in [0.2, 0.25) is 0 Å². The summed E-state index contributed by atoms with van der Waals surface area (Å²) in [4.78, 5) is 10.5. The van der Waals surface area contributed by atoms with Crippen LogP contribution in [-0.2, 0) is 0 Å². The van der Waals surface area contributed by atoms with Crippen LogP contribution in [0.15, 0.2) is 23.4 Å². The van der Waals surface area contributed by atoms with Crippen molar-refractivity contribution >= 4 is 11.8 Å². The SMILES string of the molecule is N/C(=N\O)c1ccc(F)c(C(=O)O)c1. The van der Waals surface area contributed by atoms with Crippen LogP contribution in [0.4, 0.5) is 4.39 Å². The van der Waals surface area contributed by atoms with Crippen LogP contribution < -0.4 is 5.73 Å². The van der Waals surface area contributed by atoms with Crippen LogP contribution in [0, 0.1) is 5.82 Å². The van der Waals surface area contributed by atoms with E-state index in [0.717, 1.165) is 12.1 Å². The molecule has 0 amide bonds. The molecule has 0 aliphatic heterocycles. The van der Waals surface area contributed by atoms with Gasteiger partial charge in [-0.25, -0.2) is 9.18 Å². The van der Waals surface area contributed by atoms with Crippen LogP contribution in [0.1, 0.15) is 15.9 Å². The molecule has 0 unspecified atom stereocenters. The van der Waals surface area contributed by atoms with Gasteiger partial charge in [-0.15, -0.1) is 0 Å². The number of carboxylic acid groups (broad SMARTS) is 1. The molecule has 0 spiro atoms. The van der Waals surface area contributed by atoms with Crippen LogP contribution in [0.2, 0.25) is 0 Å². The minimum atomic E-state index is -1.41. The van der Waals surface area contributed by atoms with Gasteiger partial charge in [-0.1, -0.05) is 5.16 Å². The van der Waals surface area contributed by atoms with E-state index in [1.54, 1.807) is 0 Å². The van der Waals surface area contributed by atoms with Gasteiger partial charge in [0.05, 0.1) is 5.56 Å². The average Bonchev–Trinajstić information content (AvgIpc) is 2.17. The minimum absolute atomic E-state index is 0.145. The third kappa shape index (κ3) is 1.79. The van der Waals surface area contributed by atoms with E-state index in [2.05, 4.69) is 5.16 Å². The Hall–Kier alpha value is -2.11. The van der Waals surface area contributed by atoms with Crippen LogP contribution in [0.5, 0.6) is 0 Å². The number of benzene rings is 1. The lowest BCUT2D eigenvalue weighted by Gasteiger charge is -2.01. The maximum absolute atomic E-state index is 12.9. The number of nitrogens with zero attached hydrogens (tertiary/aromatic N) is 1. The molecule has 1 aromatic rings. The van der Waals surface area contributed by atoms with Crippen LogP contribution in [0.25, 0.3) is 0 Å². The number of carbonyl (C=O) groups is 1. The van der Waals surface area contributed by atoms with E-state index in [0.29, 0.717) is 0 Å². The summed E-state index contributed by atoms with van der Waals surface area (Å²) >= 11 is 0. The molecule has 1 rings (SSSR count). The Morgan fingerprint density at radius 1 is 1.50 bits per heavy atom. The maximum atomic E-state index is 12.9. The van der Waals surface area contributed by atoms with Crippen molar-refractivity contribution < 1.29 is 19.5 Å². The van der Waals surface area contributed by atoms with Gasteiger partial charge in [0, 0.05) is 5.56 Å². The summed E-state index contributed by atoms with van der Waals surface area (Å²) in [5.74, 6) is -2.55. The topological polar surface area (TPSA) is 95.9 Å². The number of hydrogen-bond donors (Lipinski definition) is 3. The highest BCUT2D eigenvalue weighted by atomic mass is 19.1. The monoisotopic (exact) mass is 198 g/mol. The Balaban J connectivity index is 3.26. The van der Waals surface area contributed by atoms with Crippen LogP contribution >= 0.6 is 0 Å². The molecule has 74 valence electrons. The number of amidine groups is 1. The van der Waals surface area contributed by atoms with E-state index in [1.807, 2.05) is 0 Å². The zero-order valence-corrected chi connectivity index (χ0v) is 6.94. The van der Waals surface area contributed by atoms with E-state index < -0.39 is 17.3 Å². The summed E-state index contributed by atoms with van der Waals surface area (Å²) in [6.45, 7) is 0. The molecule has 0 aliphatic carbocycles. The van der Waals surface area contributed by atoms with E-state index in [9.17, 15) is 9.18 Å². The van der Waals surface area contributed by atoms with Crippen LogP contribution in [-0.4, -0.2) is 22.1 Å². The van der Waals surface area contributed by atoms with Crippen molar-refractivity contribution in [2.45, 2.75) is 0 Å². The molecule has 5 nitrogen and oxygen atoms in total. The third-order valence-corrected chi connectivity index (χ3v) is 1.60. The molecular weight excluding hydrogens is 191 g/mol. The van der Waals surface area contributed by atoms with E-state index in [1.165, 1.54) is 6.07 Å². The van der Waals surface area contributed by atoms with Crippen molar-refractivity contribution in [3.63, 3.8) is 0 Å². The first kappa shape index (κ1) is 9.97. The molecule has 6 heteroatoms. The predicted octanol–water partition coefficient (Wildman–Crippen LogP) is 0.618. The van der Waals surface area contributed by atoms with Gasteiger partial charge in [0.1, 0.15) is 5.82 Å². The molecule has 14 heavy (non-hydrogen) atoms. The second kappa shape index (κ2) is 3.73. The Morgan fingerprint density at radius 2 is 2.14 bits per heavy atom. The van der Waals surface area contributed by atoms with Crippen molar-refractivity contribution in [3.8, 4) is 0 Å². The van der Waals surface area contributed by atoms with Gasteiger partial charge in [0.25, 0.3) is 0 Å². The molecule has 0 heterocycles. The Morgan fingerprint density at radius 3 is 2.64 bits per heavy atom. The summed E-state index contributed by atoms with van der Waals surface area (Å²) in [5.41, 5.74) is 4.82. The van der Waals surface area contributed by atoms with Gasteiger partial charge in [-0.3, -0.25) is 0 Å². The van der Waals surface area contributed by atoms with Gasteiger partial charge in [-0.05, 0) is 18.2 Å². The maximum Gasteiger partial charge on any atom is 0.338 e. The van der Waals surface area contributed by atoms with Crippen molar-refractivity contribution in [1.29, 1.82) is 0 Å². The standard InChI is InChI=1S/C8H7FN2O3/c9-6-2-1-4(7(10)11-14)3-5(6)8(12)13/h1-3,14H,(H2,10,11)(H,12,13). The Labute approximate surface area is 78.3 Å². The summed E-state index contributed by atoms with van der Waals surface area (Å²) in [6, 6.07) is 3.15. The van der Waals surface area contributed by atoms with E-state index in [-0.39, 0.29) is 11.4 Å². The second-order valence-electron chi connectivity index (χ2n) is 2.49. The molecule has 1 aromatic carbocycles. The molecule has 0 fully saturated rings. The van der Waals surface area contributed by atoms with Crippen molar-refractivity contribution in [1.82, 2.24) is 0 Å². The number of halogens is 1. The van der Waals surface area contributed by atoms with Crippen LogP contribution in [0.3, 0.4) is 0 Å². The molecule has 0 aromatic heterocycles. The first-order chi connectivity index (χ1) is 6.56. The molecule has 0 saturated carbocycles. The first-order valence-corrected chi connectivity index (χ1v) is 3.57. The fourth-order valence-electron chi connectivity index (χ4n) is 0.906. The summed E-state index contributed by atoms with van der Waals surface area (Å²) in [7, 11) is 0. The molecule has 0 atom stereocenters. The highest BCUT2D eigenvalue weighted by molar-refractivity contribution is 5.99. The Kier molecular flexibility index (Phi) is 2.66. The van der Waals surface area contributed by atoms with Gasteiger partial charge < -0.3 is 16.0 Å². The number of hydrogen-bond acceptors (Lipinski definition) is 3. The van der Waals surface area contributed by atoms with Gasteiger partial charge in [-0.2, -0.15) is 0 Å². The summed E-state index contributed by atoms with van der Waals surface area (Å²) in [6.07, 6.45) is 0. The molecule has 0 radical (unpaired) electrons. The smallest absolute Gasteiger partial charge is 0.338 e. The molecule has 0 aliphatic rings. The molecule has 0 saturated heterocycles. The van der Waals surface area contributed by atoms with Gasteiger partial charge >= 0.3 is 5.97 Å². The third-order valence-electron chi connectivity index (χ3n) is 1.60. The minimum Gasteiger partial charge on any atom is -0.478 e. The zero-order valence-electron chi connectivity index (χ0n) is 6.94. The molecule has 4 N–H and O–H groups in total. The number of aromatic carboxylic acids is 1. The molecular formula is C8H7FN2O3. The number of nitrogens with two attached hydrogens (primary N) is 1. The largest absolute Gasteiger partial charge is 0.478 e. The van der Waals surface area contributed by atoms with E-state index in [4.69, 9.17) is 16.0 Å². The average molecular weight is 198 g/mol. The fraction of sp³-hybridized carbons (Fsp3) is 0. The van der Waals surface area contributed by atoms with Crippen molar-refractivity contribution in [2.75, 3.05) is 0 Å². The Bertz CT molecular complexity index is 404. The lowest BCUT2D eigenvalue weighted by molar-refractivity contribution is 0.0692. The first-order valence-electron chi connectivity index (χ1n) is 3.57. The zero-order chi connectivity index (χ0) is 10.7. The molecule has 0 bridgehead atoms. The van der Waals surface area contributed by atoms with Crippen molar-refractivity contribution in [2.24, 2.45) is 10.9 Å². The summed E-state index contributed by atoms with van der Waals surface area (Å²) < 4.78 is 12.9. The lowest BCUT2D eigenvalue weighted by atomic mass is 10.1. The number of oxime groups is 1. The van der Waals surface area contributed by atoms with Gasteiger partial charge in [0.15, 0.2) is 5.84 Å². The number of rotatable bonds is 2. The highest BCUT2D eigenvalue weighted by Gasteiger charge is 2.12.